The molecule has 0 radical (unpaired) electrons. The first kappa shape index (κ1) is 15.9. The Bertz CT molecular complexity index is 528. The molecule has 1 fully saturated rings. The third-order valence-electron chi connectivity index (χ3n) is 3.47. The van der Waals surface area contributed by atoms with Crippen molar-refractivity contribution in [3.63, 3.8) is 0 Å². The highest BCUT2D eigenvalue weighted by Crippen LogP contribution is 2.21. The summed E-state index contributed by atoms with van der Waals surface area (Å²) < 4.78 is 0. The number of anilines is 1. The van der Waals surface area contributed by atoms with E-state index in [2.05, 4.69) is 10.6 Å². The normalized spacial score (nSPS) is 14.9. The molecule has 114 valence electrons. The SMILES string of the molecule is CNCC(=O)Nc1cccc(C(=O)N2CCSCC2)c1C. The summed E-state index contributed by atoms with van der Waals surface area (Å²) in [5.41, 5.74) is 2.20. The molecule has 2 amide bonds. The molecule has 0 spiro atoms. The van der Waals surface area contributed by atoms with Crippen LogP contribution in [0.3, 0.4) is 0 Å². The van der Waals surface area contributed by atoms with Crippen LogP contribution in [0.25, 0.3) is 0 Å². The van der Waals surface area contributed by atoms with E-state index in [0.29, 0.717) is 11.3 Å². The number of carbonyl (C=O) groups excluding carboxylic acids is 2. The maximum atomic E-state index is 12.6. The lowest BCUT2D eigenvalue weighted by molar-refractivity contribution is -0.115. The maximum Gasteiger partial charge on any atom is 0.254 e. The van der Waals surface area contributed by atoms with E-state index in [1.807, 2.05) is 41.8 Å². The first-order chi connectivity index (χ1) is 10.1. The van der Waals surface area contributed by atoms with Gasteiger partial charge in [0, 0.05) is 35.8 Å². The Morgan fingerprint density at radius 1 is 1.29 bits per heavy atom. The van der Waals surface area contributed by atoms with Crippen molar-refractivity contribution >= 4 is 29.3 Å². The Labute approximate surface area is 129 Å². The van der Waals surface area contributed by atoms with Crippen LogP contribution in [0.4, 0.5) is 5.69 Å². The summed E-state index contributed by atoms with van der Waals surface area (Å²) in [4.78, 5) is 26.1. The van der Waals surface area contributed by atoms with Gasteiger partial charge in [-0.15, -0.1) is 0 Å². The van der Waals surface area contributed by atoms with Crippen molar-refractivity contribution < 1.29 is 9.59 Å². The molecule has 0 unspecified atom stereocenters. The Hall–Kier alpha value is -1.53. The molecule has 0 aromatic heterocycles. The number of hydrogen-bond donors (Lipinski definition) is 2. The predicted octanol–water partition coefficient (Wildman–Crippen LogP) is 1.34. The summed E-state index contributed by atoms with van der Waals surface area (Å²) in [5.74, 6) is 1.92. The van der Waals surface area contributed by atoms with Crippen LogP contribution in [0, 0.1) is 6.92 Å². The predicted molar refractivity (Wildman–Crippen MR) is 87.0 cm³/mol. The van der Waals surface area contributed by atoms with E-state index in [1.54, 1.807) is 7.05 Å². The summed E-state index contributed by atoms with van der Waals surface area (Å²) in [5, 5.41) is 5.64. The zero-order chi connectivity index (χ0) is 15.2. The standard InChI is InChI=1S/C15H21N3O2S/c1-11-12(15(20)18-6-8-21-9-7-18)4-3-5-13(11)17-14(19)10-16-2/h3-5,16H,6-10H2,1-2H3,(H,17,19). The molecule has 0 aliphatic carbocycles. The molecule has 1 heterocycles. The molecule has 1 aromatic rings. The summed E-state index contributed by atoms with van der Waals surface area (Å²) >= 11 is 1.87. The summed E-state index contributed by atoms with van der Waals surface area (Å²) in [6.07, 6.45) is 0. The second-order valence-corrected chi connectivity index (χ2v) is 6.19. The zero-order valence-corrected chi connectivity index (χ0v) is 13.3. The summed E-state index contributed by atoms with van der Waals surface area (Å²) in [6, 6.07) is 5.47. The van der Waals surface area contributed by atoms with Crippen molar-refractivity contribution in [2.24, 2.45) is 0 Å². The fraction of sp³-hybridized carbons (Fsp3) is 0.467. The molecule has 0 atom stereocenters. The molecule has 0 bridgehead atoms. The molecule has 1 saturated heterocycles. The van der Waals surface area contributed by atoms with Crippen LogP contribution in [-0.4, -0.2) is 54.9 Å². The number of nitrogens with one attached hydrogen (secondary N) is 2. The second-order valence-electron chi connectivity index (χ2n) is 4.96. The van der Waals surface area contributed by atoms with Gasteiger partial charge in [0.25, 0.3) is 5.91 Å². The van der Waals surface area contributed by atoms with Gasteiger partial charge >= 0.3 is 0 Å². The molecule has 2 rings (SSSR count). The fourth-order valence-corrected chi connectivity index (χ4v) is 3.20. The highest BCUT2D eigenvalue weighted by Gasteiger charge is 2.21. The van der Waals surface area contributed by atoms with Crippen molar-refractivity contribution in [2.45, 2.75) is 6.92 Å². The van der Waals surface area contributed by atoms with Crippen molar-refractivity contribution in [3.8, 4) is 0 Å². The van der Waals surface area contributed by atoms with Gasteiger partial charge in [-0.25, -0.2) is 0 Å². The Morgan fingerprint density at radius 3 is 2.67 bits per heavy atom. The fourth-order valence-electron chi connectivity index (χ4n) is 2.29. The topological polar surface area (TPSA) is 61.4 Å². The number of hydrogen-bond acceptors (Lipinski definition) is 4. The van der Waals surface area contributed by atoms with Gasteiger partial charge in [-0.3, -0.25) is 9.59 Å². The third kappa shape index (κ3) is 3.98. The lowest BCUT2D eigenvalue weighted by Crippen LogP contribution is -2.38. The van der Waals surface area contributed by atoms with Crippen LogP contribution in [-0.2, 0) is 4.79 Å². The molecular weight excluding hydrogens is 286 g/mol. The maximum absolute atomic E-state index is 12.6. The quantitative estimate of drug-likeness (QED) is 0.881. The molecule has 1 aromatic carbocycles. The highest BCUT2D eigenvalue weighted by molar-refractivity contribution is 7.99. The van der Waals surface area contributed by atoms with Crippen molar-refractivity contribution in [3.05, 3.63) is 29.3 Å². The van der Waals surface area contributed by atoms with E-state index in [-0.39, 0.29) is 18.4 Å². The monoisotopic (exact) mass is 307 g/mol. The number of likely N-dealkylation sites (N-methyl/N-ethyl adjacent to an activating group) is 1. The molecule has 0 saturated carbocycles. The minimum atomic E-state index is -0.112. The van der Waals surface area contributed by atoms with Crippen LogP contribution in [0.15, 0.2) is 18.2 Å². The Balaban J connectivity index is 2.16. The minimum absolute atomic E-state index is 0.0533. The minimum Gasteiger partial charge on any atom is -0.337 e. The highest BCUT2D eigenvalue weighted by atomic mass is 32.2. The average molecular weight is 307 g/mol. The van der Waals surface area contributed by atoms with Crippen LogP contribution in [0.2, 0.25) is 0 Å². The molecule has 2 N–H and O–H groups in total. The smallest absolute Gasteiger partial charge is 0.254 e. The second kappa shape index (κ2) is 7.47. The summed E-state index contributed by atoms with van der Waals surface area (Å²) in [7, 11) is 1.72. The average Bonchev–Trinajstić information content (AvgIpc) is 2.50. The van der Waals surface area contributed by atoms with E-state index >= 15 is 0 Å². The van der Waals surface area contributed by atoms with Crippen molar-refractivity contribution in [1.29, 1.82) is 0 Å². The van der Waals surface area contributed by atoms with Gasteiger partial charge in [0.1, 0.15) is 0 Å². The van der Waals surface area contributed by atoms with E-state index < -0.39 is 0 Å². The lowest BCUT2D eigenvalue weighted by Gasteiger charge is -2.27. The largest absolute Gasteiger partial charge is 0.337 e. The van der Waals surface area contributed by atoms with Crippen LogP contribution in [0.1, 0.15) is 15.9 Å². The van der Waals surface area contributed by atoms with Gasteiger partial charge < -0.3 is 15.5 Å². The summed E-state index contributed by atoms with van der Waals surface area (Å²) in [6.45, 7) is 3.71. The number of rotatable bonds is 4. The third-order valence-corrected chi connectivity index (χ3v) is 4.42. The van der Waals surface area contributed by atoms with Gasteiger partial charge in [0.2, 0.25) is 5.91 Å². The van der Waals surface area contributed by atoms with Gasteiger partial charge in [-0.2, -0.15) is 11.8 Å². The Morgan fingerprint density at radius 2 is 2.00 bits per heavy atom. The number of nitrogens with zero attached hydrogens (tertiary/aromatic N) is 1. The van der Waals surface area contributed by atoms with E-state index in [4.69, 9.17) is 0 Å². The van der Waals surface area contributed by atoms with Crippen LogP contribution in [0.5, 0.6) is 0 Å². The van der Waals surface area contributed by atoms with Gasteiger partial charge in [0.15, 0.2) is 0 Å². The van der Waals surface area contributed by atoms with E-state index in [0.717, 1.165) is 30.2 Å². The first-order valence-corrected chi connectivity index (χ1v) is 8.20. The molecule has 5 nitrogen and oxygen atoms in total. The molecule has 1 aliphatic rings. The molecule has 6 heteroatoms. The van der Waals surface area contributed by atoms with Crippen LogP contribution >= 0.6 is 11.8 Å². The van der Waals surface area contributed by atoms with Gasteiger partial charge in [0.05, 0.1) is 6.54 Å². The van der Waals surface area contributed by atoms with Crippen LogP contribution < -0.4 is 10.6 Å². The lowest BCUT2D eigenvalue weighted by atomic mass is 10.1. The van der Waals surface area contributed by atoms with E-state index in [1.165, 1.54) is 0 Å². The van der Waals surface area contributed by atoms with Gasteiger partial charge in [-0.05, 0) is 31.7 Å². The van der Waals surface area contributed by atoms with Crippen molar-refractivity contribution in [1.82, 2.24) is 10.2 Å². The molecule has 21 heavy (non-hydrogen) atoms. The van der Waals surface area contributed by atoms with Gasteiger partial charge in [-0.1, -0.05) is 6.07 Å². The number of carbonyl (C=O) groups is 2. The molecular formula is C15H21N3O2S. The number of thioether (sulfide) groups is 1. The zero-order valence-electron chi connectivity index (χ0n) is 12.4. The number of amides is 2. The van der Waals surface area contributed by atoms with E-state index in [9.17, 15) is 9.59 Å². The molecule has 1 aliphatic heterocycles. The Kier molecular flexibility index (Phi) is 5.64. The first-order valence-electron chi connectivity index (χ1n) is 7.04. The number of benzene rings is 1. The van der Waals surface area contributed by atoms with Crippen molar-refractivity contribution in [2.75, 3.05) is 43.5 Å².